The first-order chi connectivity index (χ1) is 12.3. The lowest BCUT2D eigenvalue weighted by atomic mass is 10.0. The van der Waals surface area contributed by atoms with Crippen molar-refractivity contribution in [2.24, 2.45) is 0 Å². The number of anilines is 2. The molecule has 4 aromatic rings. The molecule has 122 valence electrons. The van der Waals surface area contributed by atoms with Crippen LogP contribution in [0.25, 0.3) is 22.3 Å². The molecule has 0 aliphatic heterocycles. The molecular weight excluding hydrogens is 308 g/mol. The maximum absolute atomic E-state index is 4.44. The number of H-pyrrole nitrogens is 1. The van der Waals surface area contributed by atoms with Gasteiger partial charge in [0, 0.05) is 58.9 Å². The van der Waals surface area contributed by atoms with E-state index in [-0.39, 0.29) is 0 Å². The predicted octanol–water partition coefficient (Wildman–Crippen LogP) is 5.19. The molecule has 2 N–H and O–H groups in total. The lowest BCUT2D eigenvalue weighted by molar-refractivity contribution is 1.29. The van der Waals surface area contributed by atoms with Gasteiger partial charge in [-0.2, -0.15) is 0 Å². The molecule has 0 saturated carbocycles. The zero-order valence-corrected chi connectivity index (χ0v) is 13.9. The van der Waals surface area contributed by atoms with Crippen molar-refractivity contribution in [3.8, 4) is 22.3 Å². The highest BCUT2D eigenvalue weighted by Gasteiger charge is 2.12. The third-order valence-corrected chi connectivity index (χ3v) is 4.14. The second-order valence-electron chi connectivity index (χ2n) is 5.92. The molecule has 0 bridgehead atoms. The fourth-order valence-electron chi connectivity index (χ4n) is 2.93. The van der Waals surface area contributed by atoms with Gasteiger partial charge in [-0.15, -0.1) is 0 Å². The Hall–Kier alpha value is -3.40. The number of aryl methyl sites for hydroxylation is 1. The quantitative estimate of drug-likeness (QED) is 0.542. The number of rotatable bonds is 4. The number of hydrogen-bond acceptors (Lipinski definition) is 3. The molecule has 3 heterocycles. The Morgan fingerprint density at radius 3 is 2.44 bits per heavy atom. The fourth-order valence-corrected chi connectivity index (χ4v) is 2.93. The molecule has 1 aromatic carbocycles. The normalized spacial score (nSPS) is 10.6. The van der Waals surface area contributed by atoms with E-state index >= 15 is 0 Å². The van der Waals surface area contributed by atoms with Crippen LogP contribution in [0.3, 0.4) is 0 Å². The first-order valence-electron chi connectivity index (χ1n) is 8.17. The summed E-state index contributed by atoms with van der Waals surface area (Å²) in [5.41, 5.74) is 6.52. The van der Waals surface area contributed by atoms with Gasteiger partial charge in [0.1, 0.15) is 5.82 Å². The number of aromatic nitrogens is 3. The van der Waals surface area contributed by atoms with Crippen molar-refractivity contribution in [1.29, 1.82) is 0 Å². The van der Waals surface area contributed by atoms with E-state index in [0.29, 0.717) is 0 Å². The summed E-state index contributed by atoms with van der Waals surface area (Å²) in [5.74, 6) is 0.967. The van der Waals surface area contributed by atoms with Gasteiger partial charge >= 0.3 is 0 Å². The predicted molar refractivity (Wildman–Crippen MR) is 102 cm³/mol. The van der Waals surface area contributed by atoms with Gasteiger partial charge in [-0.05, 0) is 36.8 Å². The number of aromatic amines is 1. The molecular formula is C21H18N4. The number of benzene rings is 1. The third kappa shape index (κ3) is 3.15. The number of pyridine rings is 2. The topological polar surface area (TPSA) is 53.6 Å². The van der Waals surface area contributed by atoms with Crippen LogP contribution >= 0.6 is 0 Å². The Morgan fingerprint density at radius 2 is 1.64 bits per heavy atom. The fraction of sp³-hybridized carbons (Fsp3) is 0.0476. The molecule has 0 fully saturated rings. The Labute approximate surface area is 146 Å². The number of hydrogen-bond donors (Lipinski definition) is 2. The Balaban J connectivity index is 1.74. The van der Waals surface area contributed by atoms with Gasteiger partial charge in [0.15, 0.2) is 0 Å². The van der Waals surface area contributed by atoms with Gasteiger partial charge in [-0.1, -0.05) is 24.3 Å². The summed E-state index contributed by atoms with van der Waals surface area (Å²) in [6.45, 7) is 2.10. The second-order valence-corrected chi connectivity index (χ2v) is 5.92. The largest absolute Gasteiger partial charge is 0.347 e. The summed E-state index contributed by atoms with van der Waals surface area (Å²) in [6.07, 6.45) is 9.41. The van der Waals surface area contributed by atoms with Gasteiger partial charge in [0.2, 0.25) is 0 Å². The van der Waals surface area contributed by atoms with Crippen LogP contribution in [0.15, 0.2) is 79.5 Å². The molecule has 4 nitrogen and oxygen atoms in total. The number of para-hydroxylation sites is 1. The molecule has 0 atom stereocenters. The number of nitrogens with one attached hydrogen (secondary N) is 2. The van der Waals surface area contributed by atoms with Crippen LogP contribution in [0.5, 0.6) is 0 Å². The minimum atomic E-state index is 0.967. The standard InChI is InChI=1S/C21H18N4/c1-15-11-24-21(25-19-7-3-2-4-8-19)20(15)18-10-17(13-23-14-18)16-6-5-9-22-12-16/h2-14,24-25H,1H3. The minimum absolute atomic E-state index is 0.967. The summed E-state index contributed by atoms with van der Waals surface area (Å²) >= 11 is 0. The summed E-state index contributed by atoms with van der Waals surface area (Å²) in [4.78, 5) is 12.0. The van der Waals surface area contributed by atoms with Crippen molar-refractivity contribution < 1.29 is 0 Å². The zero-order valence-electron chi connectivity index (χ0n) is 13.9. The van der Waals surface area contributed by atoms with E-state index in [4.69, 9.17) is 0 Å². The molecule has 0 amide bonds. The lowest BCUT2D eigenvalue weighted by Gasteiger charge is -2.10. The third-order valence-electron chi connectivity index (χ3n) is 4.14. The molecule has 4 rings (SSSR count). The van der Waals surface area contributed by atoms with Crippen LogP contribution < -0.4 is 5.32 Å². The second kappa shape index (κ2) is 6.61. The Bertz CT molecular complexity index is 975. The molecule has 3 aromatic heterocycles. The van der Waals surface area contributed by atoms with E-state index in [1.165, 1.54) is 5.56 Å². The van der Waals surface area contributed by atoms with Crippen molar-refractivity contribution in [2.75, 3.05) is 5.32 Å². The summed E-state index contributed by atoms with van der Waals surface area (Å²) in [5, 5.41) is 3.46. The van der Waals surface area contributed by atoms with Crippen molar-refractivity contribution in [2.45, 2.75) is 6.92 Å². The monoisotopic (exact) mass is 326 g/mol. The van der Waals surface area contributed by atoms with Crippen LogP contribution in [0.4, 0.5) is 11.5 Å². The average molecular weight is 326 g/mol. The minimum Gasteiger partial charge on any atom is -0.347 e. The van der Waals surface area contributed by atoms with Crippen LogP contribution in [-0.4, -0.2) is 15.0 Å². The molecule has 0 spiro atoms. The van der Waals surface area contributed by atoms with Gasteiger partial charge in [0.25, 0.3) is 0 Å². The molecule has 0 unspecified atom stereocenters. The van der Waals surface area contributed by atoms with Gasteiger partial charge in [0.05, 0.1) is 0 Å². The Morgan fingerprint density at radius 1 is 0.840 bits per heavy atom. The molecule has 0 saturated heterocycles. The molecule has 0 aliphatic carbocycles. The highest BCUT2D eigenvalue weighted by atomic mass is 15.0. The highest BCUT2D eigenvalue weighted by Crippen LogP contribution is 2.34. The van der Waals surface area contributed by atoms with E-state index in [1.54, 1.807) is 6.20 Å². The van der Waals surface area contributed by atoms with Crippen LogP contribution in [0, 0.1) is 6.92 Å². The first-order valence-corrected chi connectivity index (χ1v) is 8.17. The molecule has 0 aliphatic rings. The van der Waals surface area contributed by atoms with E-state index < -0.39 is 0 Å². The lowest BCUT2D eigenvalue weighted by Crippen LogP contribution is -1.93. The van der Waals surface area contributed by atoms with E-state index in [9.17, 15) is 0 Å². The molecule has 0 radical (unpaired) electrons. The summed E-state index contributed by atoms with van der Waals surface area (Å²) < 4.78 is 0. The first kappa shape index (κ1) is 15.1. The van der Waals surface area contributed by atoms with Crippen LogP contribution in [0.1, 0.15) is 5.56 Å². The van der Waals surface area contributed by atoms with Crippen molar-refractivity contribution in [3.05, 3.63) is 85.1 Å². The average Bonchev–Trinajstić information content (AvgIpc) is 3.03. The smallest absolute Gasteiger partial charge is 0.116 e. The van der Waals surface area contributed by atoms with E-state index in [2.05, 4.69) is 33.3 Å². The molecule has 4 heteroatoms. The maximum atomic E-state index is 4.44. The number of nitrogens with zero attached hydrogens (tertiary/aromatic N) is 2. The van der Waals surface area contributed by atoms with Crippen LogP contribution in [0.2, 0.25) is 0 Å². The van der Waals surface area contributed by atoms with Crippen LogP contribution in [-0.2, 0) is 0 Å². The SMILES string of the molecule is Cc1c[nH]c(Nc2ccccc2)c1-c1cncc(-c2cccnc2)c1. The van der Waals surface area contributed by atoms with Gasteiger partial charge in [-0.3, -0.25) is 9.97 Å². The summed E-state index contributed by atoms with van der Waals surface area (Å²) in [7, 11) is 0. The zero-order chi connectivity index (χ0) is 17.1. The Kier molecular flexibility index (Phi) is 4.01. The van der Waals surface area contributed by atoms with Crippen molar-refractivity contribution in [1.82, 2.24) is 15.0 Å². The molecule has 25 heavy (non-hydrogen) atoms. The summed E-state index contributed by atoms with van der Waals surface area (Å²) in [6, 6.07) is 16.3. The van der Waals surface area contributed by atoms with E-state index in [1.807, 2.05) is 67.3 Å². The van der Waals surface area contributed by atoms with Crippen molar-refractivity contribution in [3.63, 3.8) is 0 Å². The maximum Gasteiger partial charge on any atom is 0.116 e. The van der Waals surface area contributed by atoms with Gasteiger partial charge < -0.3 is 10.3 Å². The highest BCUT2D eigenvalue weighted by molar-refractivity contribution is 5.83. The van der Waals surface area contributed by atoms with Gasteiger partial charge in [-0.25, -0.2) is 0 Å². The van der Waals surface area contributed by atoms with E-state index in [0.717, 1.165) is 33.8 Å². The van der Waals surface area contributed by atoms with Crippen molar-refractivity contribution >= 4 is 11.5 Å².